The smallest absolute Gasteiger partial charge is 0.319 e. The lowest BCUT2D eigenvalue weighted by atomic mass is 9.93. The minimum atomic E-state index is -2.66. The van der Waals surface area contributed by atoms with Crippen molar-refractivity contribution in [1.29, 1.82) is 0 Å². The van der Waals surface area contributed by atoms with Gasteiger partial charge in [0.25, 0.3) is 12.3 Å². The van der Waals surface area contributed by atoms with E-state index in [2.05, 4.69) is 22.2 Å². The van der Waals surface area contributed by atoms with Crippen LogP contribution in [0.4, 0.5) is 25.2 Å². The lowest BCUT2D eigenvalue weighted by Crippen LogP contribution is -2.49. The van der Waals surface area contributed by atoms with Crippen LogP contribution >= 0.6 is 0 Å². The number of aromatic nitrogens is 4. The van der Waals surface area contributed by atoms with Gasteiger partial charge in [0.2, 0.25) is 0 Å². The fraction of sp³-hybridized carbons (Fsp3) is 0.321. The minimum absolute atomic E-state index is 0.00953. The number of alkyl halides is 2. The van der Waals surface area contributed by atoms with E-state index in [9.17, 15) is 18.4 Å². The molecule has 0 aliphatic carbocycles. The van der Waals surface area contributed by atoms with Crippen LogP contribution in [0.2, 0.25) is 0 Å². The molecule has 0 radical (unpaired) electrons. The minimum Gasteiger partial charge on any atom is -0.382 e. The molecule has 1 aromatic carbocycles. The lowest BCUT2D eigenvalue weighted by molar-refractivity contribution is 0.102. The zero-order valence-electron chi connectivity index (χ0n) is 22.4. The van der Waals surface area contributed by atoms with Crippen LogP contribution < -0.4 is 11.1 Å². The number of piperidine rings is 1. The molecule has 12 heteroatoms. The summed E-state index contributed by atoms with van der Waals surface area (Å²) in [4.78, 5) is 42.2. The highest BCUT2D eigenvalue weighted by Crippen LogP contribution is 2.35. The van der Waals surface area contributed by atoms with Gasteiger partial charge in [0, 0.05) is 67.9 Å². The molecular formula is C28H30F2N8O2. The SMILES string of the molecule is C[C@H]1CC[C@@H](c2nc(-c3ccc(C(=O)Nc4cc(C(F)F)ccn4)cc3)c3c(N)nccn23)CN1C(=O)N(C)C. The van der Waals surface area contributed by atoms with E-state index in [4.69, 9.17) is 10.7 Å². The third-order valence-electron chi connectivity index (χ3n) is 7.18. The van der Waals surface area contributed by atoms with Gasteiger partial charge in [0.15, 0.2) is 0 Å². The van der Waals surface area contributed by atoms with E-state index in [1.807, 2.05) is 15.5 Å². The zero-order valence-corrected chi connectivity index (χ0v) is 22.4. The van der Waals surface area contributed by atoms with Gasteiger partial charge in [0.05, 0.1) is 0 Å². The van der Waals surface area contributed by atoms with Crippen LogP contribution in [0.15, 0.2) is 55.0 Å². The van der Waals surface area contributed by atoms with Crippen molar-refractivity contribution in [3.8, 4) is 11.3 Å². The van der Waals surface area contributed by atoms with E-state index in [1.165, 1.54) is 12.3 Å². The molecule has 5 rings (SSSR count). The molecule has 1 saturated heterocycles. The average molecular weight is 549 g/mol. The van der Waals surface area contributed by atoms with E-state index in [0.29, 0.717) is 29.1 Å². The third-order valence-corrected chi connectivity index (χ3v) is 7.18. The summed E-state index contributed by atoms with van der Waals surface area (Å²) in [6.07, 6.45) is 3.70. The number of hydrogen-bond donors (Lipinski definition) is 2. The molecule has 1 aliphatic heterocycles. The first-order chi connectivity index (χ1) is 19.1. The Morgan fingerprint density at radius 2 is 1.85 bits per heavy atom. The number of pyridine rings is 1. The second kappa shape index (κ2) is 10.9. The summed E-state index contributed by atoms with van der Waals surface area (Å²) in [7, 11) is 3.49. The summed E-state index contributed by atoms with van der Waals surface area (Å²) in [6, 6.07) is 9.18. The molecular weight excluding hydrogens is 518 g/mol. The Hall–Kier alpha value is -4.61. The largest absolute Gasteiger partial charge is 0.382 e. The predicted octanol–water partition coefficient (Wildman–Crippen LogP) is 4.81. The van der Waals surface area contributed by atoms with E-state index in [-0.39, 0.29) is 29.4 Å². The second-order valence-corrected chi connectivity index (χ2v) is 10.1. The number of anilines is 2. The number of amides is 3. The molecule has 3 amide bonds. The van der Waals surface area contributed by atoms with Crippen LogP contribution in [0.1, 0.15) is 53.9 Å². The number of rotatable bonds is 5. The van der Waals surface area contributed by atoms with Crippen LogP contribution in [0, 0.1) is 0 Å². The molecule has 208 valence electrons. The molecule has 3 aromatic heterocycles. The van der Waals surface area contributed by atoms with Crippen molar-refractivity contribution in [2.45, 2.75) is 38.2 Å². The molecule has 40 heavy (non-hydrogen) atoms. The van der Waals surface area contributed by atoms with Crippen molar-refractivity contribution >= 4 is 29.1 Å². The van der Waals surface area contributed by atoms with Crippen molar-refractivity contribution < 1.29 is 18.4 Å². The Morgan fingerprint density at radius 1 is 1.10 bits per heavy atom. The number of carbonyl (C=O) groups excluding carboxylic acids is 2. The number of imidazole rings is 1. The number of nitrogens with two attached hydrogens (primary N) is 1. The number of urea groups is 1. The maximum absolute atomic E-state index is 13.0. The summed E-state index contributed by atoms with van der Waals surface area (Å²) in [5.41, 5.74) is 8.38. The zero-order chi connectivity index (χ0) is 28.6. The normalized spacial score (nSPS) is 17.3. The Morgan fingerprint density at radius 3 is 2.55 bits per heavy atom. The number of nitrogens with zero attached hydrogens (tertiary/aromatic N) is 6. The summed E-state index contributed by atoms with van der Waals surface area (Å²) in [6.45, 7) is 2.58. The van der Waals surface area contributed by atoms with Gasteiger partial charge in [-0.1, -0.05) is 12.1 Å². The van der Waals surface area contributed by atoms with Crippen LogP contribution in [0.5, 0.6) is 0 Å². The molecule has 4 heterocycles. The van der Waals surface area contributed by atoms with Gasteiger partial charge in [-0.25, -0.2) is 28.5 Å². The highest BCUT2D eigenvalue weighted by atomic mass is 19.3. The van der Waals surface area contributed by atoms with Gasteiger partial charge in [-0.05, 0) is 44.0 Å². The van der Waals surface area contributed by atoms with E-state index >= 15 is 0 Å². The Balaban J connectivity index is 1.44. The number of benzene rings is 1. The molecule has 2 atom stereocenters. The monoisotopic (exact) mass is 548 g/mol. The fourth-order valence-corrected chi connectivity index (χ4v) is 5.04. The molecule has 0 unspecified atom stereocenters. The molecule has 1 fully saturated rings. The quantitative estimate of drug-likeness (QED) is 0.369. The van der Waals surface area contributed by atoms with Gasteiger partial charge in [-0.15, -0.1) is 0 Å². The van der Waals surface area contributed by atoms with Crippen LogP contribution in [0.25, 0.3) is 16.8 Å². The molecule has 4 aromatic rings. The maximum Gasteiger partial charge on any atom is 0.319 e. The maximum atomic E-state index is 13.0. The van der Waals surface area contributed by atoms with Gasteiger partial charge in [0.1, 0.15) is 28.7 Å². The third kappa shape index (κ3) is 5.16. The van der Waals surface area contributed by atoms with Crippen molar-refractivity contribution in [2.75, 3.05) is 31.7 Å². The number of likely N-dealkylation sites (tertiary alicyclic amines) is 1. The predicted molar refractivity (Wildman–Crippen MR) is 147 cm³/mol. The number of halogens is 2. The molecule has 10 nitrogen and oxygen atoms in total. The molecule has 1 aliphatic rings. The van der Waals surface area contributed by atoms with E-state index in [0.717, 1.165) is 30.3 Å². The Kier molecular flexibility index (Phi) is 7.33. The first-order valence-electron chi connectivity index (χ1n) is 12.9. The second-order valence-electron chi connectivity index (χ2n) is 10.1. The highest BCUT2D eigenvalue weighted by molar-refractivity contribution is 6.04. The first-order valence-corrected chi connectivity index (χ1v) is 12.9. The lowest BCUT2D eigenvalue weighted by Gasteiger charge is -2.38. The number of nitrogens with one attached hydrogen (secondary N) is 1. The Labute approximate surface area is 229 Å². The highest BCUT2D eigenvalue weighted by Gasteiger charge is 2.33. The van der Waals surface area contributed by atoms with Crippen molar-refractivity contribution in [3.63, 3.8) is 0 Å². The number of hydrogen-bond acceptors (Lipinski definition) is 6. The number of nitrogen functional groups attached to an aromatic ring is 1. The Bertz CT molecular complexity index is 1550. The van der Waals surface area contributed by atoms with E-state index < -0.39 is 12.3 Å². The standard InChI is InChI=1S/C28H30F2N8O2/c1-16-4-5-20(15-38(16)28(40)36(2)3)26-35-22(23-25(31)33-12-13-37(23)26)17-6-8-18(9-7-17)27(39)34-21-14-19(24(29)30)10-11-32-21/h6-14,16,20,24H,4-5,15H2,1-3H3,(H2,31,33)(H,32,34,39)/t16-,20+/m0/s1. The average Bonchev–Trinajstić information content (AvgIpc) is 3.34. The van der Waals surface area contributed by atoms with Gasteiger partial charge < -0.3 is 20.9 Å². The summed E-state index contributed by atoms with van der Waals surface area (Å²) >= 11 is 0. The van der Waals surface area contributed by atoms with Crippen molar-refractivity contribution in [2.24, 2.45) is 0 Å². The van der Waals surface area contributed by atoms with Crippen molar-refractivity contribution in [1.82, 2.24) is 29.2 Å². The van der Waals surface area contributed by atoms with Gasteiger partial charge in [-0.2, -0.15) is 0 Å². The van der Waals surface area contributed by atoms with Crippen LogP contribution in [-0.4, -0.2) is 67.8 Å². The summed E-state index contributed by atoms with van der Waals surface area (Å²) in [5.74, 6) is 0.649. The molecule has 0 spiro atoms. The fourth-order valence-electron chi connectivity index (χ4n) is 5.04. The summed E-state index contributed by atoms with van der Waals surface area (Å²) in [5, 5.41) is 2.55. The number of carbonyl (C=O) groups is 2. The summed E-state index contributed by atoms with van der Waals surface area (Å²) < 4.78 is 27.9. The van der Waals surface area contributed by atoms with Crippen LogP contribution in [0.3, 0.4) is 0 Å². The first kappa shape index (κ1) is 27.0. The van der Waals surface area contributed by atoms with E-state index in [1.54, 1.807) is 49.5 Å². The molecule has 3 N–H and O–H groups in total. The topological polar surface area (TPSA) is 122 Å². The molecule has 0 saturated carbocycles. The number of fused-ring (bicyclic) bond motifs is 1. The molecule has 0 bridgehead atoms. The van der Waals surface area contributed by atoms with Gasteiger partial charge in [-0.3, -0.25) is 9.20 Å². The van der Waals surface area contributed by atoms with Gasteiger partial charge >= 0.3 is 6.03 Å². The van der Waals surface area contributed by atoms with Crippen molar-refractivity contribution in [3.05, 3.63) is 71.9 Å². The van der Waals surface area contributed by atoms with Crippen LogP contribution in [-0.2, 0) is 0 Å².